The number of hydrogen-bond acceptors (Lipinski definition) is 5. The number of anilines is 2. The molecule has 2 heterocycles. The third-order valence-corrected chi connectivity index (χ3v) is 5.36. The molecule has 0 aliphatic carbocycles. The Balaban J connectivity index is 1.53. The van der Waals surface area contributed by atoms with Crippen molar-refractivity contribution in [2.45, 2.75) is 45.6 Å². The maximum atomic E-state index is 12.5. The van der Waals surface area contributed by atoms with Crippen LogP contribution >= 0.6 is 0 Å². The smallest absolute Gasteiger partial charge is 0.406 e. The largest absolute Gasteiger partial charge is 0.573 e. The molecule has 8 heteroatoms. The minimum Gasteiger partial charge on any atom is -0.406 e. The first-order chi connectivity index (χ1) is 15.3. The molecule has 0 bridgehead atoms. The molecule has 0 fully saturated rings. The lowest BCUT2D eigenvalue weighted by Crippen LogP contribution is -2.31. The Hall–Kier alpha value is -3.29. The van der Waals surface area contributed by atoms with E-state index in [2.05, 4.69) is 33.8 Å². The van der Waals surface area contributed by atoms with Gasteiger partial charge in [-0.25, -0.2) is 4.98 Å². The average molecular weight is 442 g/mol. The summed E-state index contributed by atoms with van der Waals surface area (Å²) in [6, 6.07) is 16.6. The Kier molecular flexibility index (Phi) is 6.21. The molecule has 0 saturated carbocycles. The van der Waals surface area contributed by atoms with Crippen molar-refractivity contribution in [3.63, 3.8) is 0 Å². The molecule has 4 rings (SSSR count). The van der Waals surface area contributed by atoms with E-state index in [1.54, 1.807) is 6.07 Å². The Morgan fingerprint density at radius 1 is 1.03 bits per heavy atom. The first-order valence-electron chi connectivity index (χ1n) is 10.6. The lowest BCUT2D eigenvalue weighted by Gasteiger charge is -2.30. The number of halogens is 3. The SMILES string of the molecule is CC(C)c1cc(N2CCc3cc(OC(F)(F)F)ccc3C2)nc(NCc2ccccc2)n1. The van der Waals surface area contributed by atoms with Gasteiger partial charge >= 0.3 is 6.36 Å². The van der Waals surface area contributed by atoms with Gasteiger partial charge in [0.05, 0.1) is 5.69 Å². The Bertz CT molecular complexity index is 1070. The van der Waals surface area contributed by atoms with Crippen LogP contribution in [0.1, 0.15) is 42.1 Å². The first-order valence-corrected chi connectivity index (χ1v) is 10.6. The average Bonchev–Trinajstić information content (AvgIpc) is 2.76. The fourth-order valence-electron chi connectivity index (χ4n) is 3.69. The van der Waals surface area contributed by atoms with E-state index >= 15 is 0 Å². The van der Waals surface area contributed by atoms with Crippen molar-refractivity contribution >= 4 is 11.8 Å². The zero-order valence-electron chi connectivity index (χ0n) is 18.0. The van der Waals surface area contributed by atoms with E-state index in [-0.39, 0.29) is 11.7 Å². The maximum Gasteiger partial charge on any atom is 0.573 e. The van der Waals surface area contributed by atoms with Crippen LogP contribution < -0.4 is 15.0 Å². The molecule has 1 aliphatic heterocycles. The van der Waals surface area contributed by atoms with Crippen molar-refractivity contribution in [1.29, 1.82) is 0 Å². The van der Waals surface area contributed by atoms with Gasteiger partial charge in [-0.2, -0.15) is 4.98 Å². The molecule has 32 heavy (non-hydrogen) atoms. The summed E-state index contributed by atoms with van der Waals surface area (Å²) in [4.78, 5) is 11.5. The van der Waals surface area contributed by atoms with E-state index in [1.807, 2.05) is 36.4 Å². The standard InChI is InChI=1S/C24H25F3N4O/c1-16(2)21-13-22(30-23(29-21)28-14-17-6-4-3-5-7-17)31-11-10-18-12-20(32-24(25,26)27)9-8-19(18)15-31/h3-9,12-13,16H,10-11,14-15H2,1-2H3,(H,28,29,30). The van der Waals surface area contributed by atoms with Gasteiger partial charge in [0.15, 0.2) is 0 Å². The highest BCUT2D eigenvalue weighted by Gasteiger charge is 2.31. The molecule has 0 atom stereocenters. The van der Waals surface area contributed by atoms with Gasteiger partial charge in [0, 0.05) is 25.7 Å². The summed E-state index contributed by atoms with van der Waals surface area (Å²) < 4.78 is 41.6. The Labute approximate surface area is 185 Å². The van der Waals surface area contributed by atoms with E-state index in [1.165, 1.54) is 12.1 Å². The van der Waals surface area contributed by atoms with Crippen LogP contribution in [0.5, 0.6) is 5.75 Å². The minimum absolute atomic E-state index is 0.179. The van der Waals surface area contributed by atoms with Crippen LogP contribution in [0.4, 0.5) is 24.9 Å². The van der Waals surface area contributed by atoms with Gasteiger partial charge in [-0.05, 0) is 41.2 Å². The fourth-order valence-corrected chi connectivity index (χ4v) is 3.69. The molecule has 0 radical (unpaired) electrons. The monoisotopic (exact) mass is 442 g/mol. The molecule has 3 aromatic rings. The quantitative estimate of drug-likeness (QED) is 0.533. The van der Waals surface area contributed by atoms with Crippen molar-refractivity contribution in [3.8, 4) is 5.75 Å². The second kappa shape index (κ2) is 9.06. The number of nitrogens with zero attached hydrogens (tertiary/aromatic N) is 3. The molecular weight excluding hydrogens is 417 g/mol. The number of rotatable bonds is 6. The summed E-state index contributed by atoms with van der Waals surface area (Å²) in [5.74, 6) is 1.42. The van der Waals surface area contributed by atoms with Crippen LogP contribution in [0.2, 0.25) is 0 Å². The topological polar surface area (TPSA) is 50.3 Å². The number of hydrogen-bond donors (Lipinski definition) is 1. The lowest BCUT2D eigenvalue weighted by atomic mass is 9.99. The van der Waals surface area contributed by atoms with Crippen molar-refractivity contribution in [2.75, 3.05) is 16.8 Å². The predicted octanol–water partition coefficient (Wildman–Crippen LogP) is 5.67. The molecule has 0 unspecified atom stereocenters. The molecule has 0 amide bonds. The van der Waals surface area contributed by atoms with Crippen molar-refractivity contribution < 1.29 is 17.9 Å². The zero-order chi connectivity index (χ0) is 22.7. The van der Waals surface area contributed by atoms with Crippen LogP contribution in [0.3, 0.4) is 0 Å². The molecule has 1 aliphatic rings. The highest BCUT2D eigenvalue weighted by atomic mass is 19.4. The van der Waals surface area contributed by atoms with E-state index in [9.17, 15) is 13.2 Å². The number of aromatic nitrogens is 2. The van der Waals surface area contributed by atoms with Gasteiger partial charge in [0.1, 0.15) is 11.6 Å². The fraction of sp³-hybridized carbons (Fsp3) is 0.333. The molecule has 2 aromatic carbocycles. The highest BCUT2D eigenvalue weighted by molar-refractivity contribution is 5.50. The highest BCUT2D eigenvalue weighted by Crippen LogP contribution is 2.30. The summed E-state index contributed by atoms with van der Waals surface area (Å²) in [7, 11) is 0. The second-order valence-electron chi connectivity index (χ2n) is 8.12. The normalized spacial score (nSPS) is 13.8. The van der Waals surface area contributed by atoms with Gasteiger partial charge in [-0.1, -0.05) is 50.2 Å². The molecule has 0 saturated heterocycles. The maximum absolute atomic E-state index is 12.5. The first kappa shape index (κ1) is 21.9. The molecule has 1 aromatic heterocycles. The summed E-state index contributed by atoms with van der Waals surface area (Å²) in [6.45, 7) is 6.00. The van der Waals surface area contributed by atoms with E-state index in [4.69, 9.17) is 4.98 Å². The number of ether oxygens (including phenoxy) is 1. The van der Waals surface area contributed by atoms with Gasteiger partial charge in [-0.3, -0.25) is 0 Å². The second-order valence-corrected chi connectivity index (χ2v) is 8.12. The van der Waals surface area contributed by atoms with Crippen molar-refractivity contribution in [3.05, 3.63) is 77.0 Å². The van der Waals surface area contributed by atoms with E-state index < -0.39 is 6.36 Å². The number of fused-ring (bicyclic) bond motifs is 1. The summed E-state index contributed by atoms with van der Waals surface area (Å²) in [5, 5.41) is 3.31. The third-order valence-electron chi connectivity index (χ3n) is 5.36. The van der Waals surface area contributed by atoms with Crippen LogP contribution in [-0.2, 0) is 19.5 Å². The van der Waals surface area contributed by atoms with Gasteiger partial charge in [0.25, 0.3) is 0 Å². The lowest BCUT2D eigenvalue weighted by molar-refractivity contribution is -0.274. The van der Waals surface area contributed by atoms with Crippen molar-refractivity contribution in [1.82, 2.24) is 9.97 Å². The van der Waals surface area contributed by atoms with E-state index in [0.29, 0.717) is 32.0 Å². The Morgan fingerprint density at radius 2 is 1.81 bits per heavy atom. The summed E-state index contributed by atoms with van der Waals surface area (Å²) >= 11 is 0. The Morgan fingerprint density at radius 3 is 2.53 bits per heavy atom. The van der Waals surface area contributed by atoms with Crippen LogP contribution in [0, 0.1) is 0 Å². The zero-order valence-corrected chi connectivity index (χ0v) is 18.0. The van der Waals surface area contributed by atoms with Gasteiger partial charge < -0.3 is 15.0 Å². The number of nitrogens with one attached hydrogen (secondary N) is 1. The summed E-state index contributed by atoms with van der Waals surface area (Å²) in [6.07, 6.45) is -4.08. The predicted molar refractivity (Wildman–Crippen MR) is 118 cm³/mol. The van der Waals surface area contributed by atoms with E-state index in [0.717, 1.165) is 28.2 Å². The molecule has 168 valence electrons. The van der Waals surface area contributed by atoms with Gasteiger partial charge in [0.2, 0.25) is 5.95 Å². The molecular formula is C24H25F3N4O. The molecule has 0 spiro atoms. The van der Waals surface area contributed by atoms with Gasteiger partial charge in [-0.15, -0.1) is 13.2 Å². The van der Waals surface area contributed by atoms with Crippen molar-refractivity contribution in [2.24, 2.45) is 0 Å². The van der Waals surface area contributed by atoms with Crippen LogP contribution in [-0.4, -0.2) is 22.9 Å². The third kappa shape index (κ3) is 5.49. The minimum atomic E-state index is -4.69. The molecule has 5 nitrogen and oxygen atoms in total. The number of benzene rings is 2. The molecule has 1 N–H and O–H groups in total. The van der Waals surface area contributed by atoms with Crippen LogP contribution in [0.15, 0.2) is 54.6 Å². The summed E-state index contributed by atoms with van der Waals surface area (Å²) in [5.41, 5.74) is 3.90. The van der Waals surface area contributed by atoms with Crippen LogP contribution in [0.25, 0.3) is 0 Å². The number of alkyl halides is 3.